The topological polar surface area (TPSA) is 58.1 Å². The van der Waals surface area contributed by atoms with Gasteiger partial charge in [0.2, 0.25) is 0 Å². The number of hydrogen-bond donors (Lipinski definition) is 2. The third kappa shape index (κ3) is 6.23. The van der Waals surface area contributed by atoms with E-state index in [0.29, 0.717) is 18.4 Å². The molecule has 29 heavy (non-hydrogen) atoms. The molecule has 0 aliphatic carbocycles. The number of methoxy groups -OCH3 is 1. The molecule has 2 aromatic rings. The summed E-state index contributed by atoms with van der Waals surface area (Å²) in [6.07, 6.45) is 1.15. The first kappa shape index (κ1) is 23.8. The predicted molar refractivity (Wildman–Crippen MR) is 132 cm³/mol. The van der Waals surface area contributed by atoms with Gasteiger partial charge in [-0.15, -0.1) is 35.3 Å². The Morgan fingerprint density at radius 1 is 1.31 bits per heavy atom. The normalized spacial score (nSPS) is 15.1. The van der Waals surface area contributed by atoms with Gasteiger partial charge in [-0.3, -0.25) is 9.89 Å². The van der Waals surface area contributed by atoms with Crippen LogP contribution >= 0.6 is 35.3 Å². The van der Waals surface area contributed by atoms with E-state index in [2.05, 4.69) is 38.9 Å². The molecule has 0 saturated carbocycles. The second kappa shape index (κ2) is 11.6. The number of halogens is 1. The molecule has 1 atom stereocenters. The third-order valence-electron chi connectivity index (χ3n) is 4.98. The molecule has 1 aliphatic rings. The summed E-state index contributed by atoms with van der Waals surface area (Å²) in [5.74, 6) is 2.19. The highest BCUT2D eigenvalue weighted by Gasteiger charge is 2.21. The quantitative estimate of drug-likeness (QED) is 0.319. The summed E-state index contributed by atoms with van der Waals surface area (Å²) >= 11 is 1.88. The van der Waals surface area contributed by atoms with Gasteiger partial charge in [0.05, 0.1) is 13.7 Å². The smallest absolute Gasteiger partial charge is 0.195 e. The van der Waals surface area contributed by atoms with Gasteiger partial charge in [0.1, 0.15) is 0 Å². The van der Waals surface area contributed by atoms with Gasteiger partial charge in [0.15, 0.2) is 17.5 Å². The Balaban J connectivity index is 0.00000300. The average Bonchev–Trinajstić information content (AvgIpc) is 3.19. The number of fused-ring (bicyclic) bond motifs is 1. The highest BCUT2D eigenvalue weighted by molar-refractivity contribution is 14.0. The maximum absolute atomic E-state index is 5.58. The van der Waals surface area contributed by atoms with E-state index in [0.717, 1.165) is 43.5 Å². The van der Waals surface area contributed by atoms with E-state index in [1.807, 2.05) is 36.5 Å². The van der Waals surface area contributed by atoms with Crippen LogP contribution in [0.15, 0.2) is 34.6 Å². The SMILES string of the molecule is CCOc1ccc(NC(=NC)NCC(C)N2CCc3sccc3C2)cc1OC.I. The maximum Gasteiger partial charge on any atom is 0.195 e. The number of rotatable bonds is 7. The summed E-state index contributed by atoms with van der Waals surface area (Å²) in [6.45, 7) is 7.79. The summed E-state index contributed by atoms with van der Waals surface area (Å²) in [6, 6.07) is 8.47. The molecule has 1 aliphatic heterocycles. The van der Waals surface area contributed by atoms with Gasteiger partial charge in [-0.05, 0) is 49.4 Å². The Morgan fingerprint density at radius 3 is 2.86 bits per heavy atom. The Kier molecular flexibility index (Phi) is 9.51. The van der Waals surface area contributed by atoms with Crippen molar-refractivity contribution in [3.63, 3.8) is 0 Å². The minimum atomic E-state index is 0. The molecule has 0 spiro atoms. The van der Waals surface area contributed by atoms with Gasteiger partial charge in [-0.1, -0.05) is 0 Å². The lowest BCUT2D eigenvalue weighted by atomic mass is 10.1. The van der Waals surface area contributed by atoms with Gasteiger partial charge in [0, 0.05) is 49.4 Å². The number of anilines is 1. The number of nitrogens with zero attached hydrogens (tertiary/aromatic N) is 2. The Labute approximate surface area is 194 Å². The Morgan fingerprint density at radius 2 is 2.14 bits per heavy atom. The molecule has 8 heteroatoms. The van der Waals surface area contributed by atoms with E-state index < -0.39 is 0 Å². The van der Waals surface area contributed by atoms with E-state index in [1.165, 1.54) is 5.56 Å². The summed E-state index contributed by atoms with van der Waals surface area (Å²) < 4.78 is 11.0. The molecule has 160 valence electrons. The molecule has 1 unspecified atom stereocenters. The van der Waals surface area contributed by atoms with Crippen LogP contribution in [0.3, 0.4) is 0 Å². The first-order chi connectivity index (χ1) is 13.6. The van der Waals surface area contributed by atoms with Crippen molar-refractivity contribution < 1.29 is 9.47 Å². The second-order valence-corrected chi connectivity index (χ2v) is 7.82. The molecule has 0 amide bonds. The number of ether oxygens (including phenoxy) is 2. The minimum absolute atomic E-state index is 0. The zero-order valence-electron chi connectivity index (χ0n) is 17.5. The highest BCUT2D eigenvalue weighted by atomic mass is 127. The Hall–Kier alpha value is -1.52. The van der Waals surface area contributed by atoms with Gasteiger partial charge in [-0.25, -0.2) is 0 Å². The van der Waals surface area contributed by atoms with Gasteiger partial charge < -0.3 is 20.1 Å². The van der Waals surface area contributed by atoms with Crippen molar-refractivity contribution in [3.05, 3.63) is 40.1 Å². The molecule has 6 nitrogen and oxygen atoms in total. The van der Waals surface area contributed by atoms with Crippen LogP contribution in [0, 0.1) is 0 Å². The molecular weight excluding hydrogens is 499 g/mol. The van der Waals surface area contributed by atoms with Crippen LogP contribution in [0.2, 0.25) is 0 Å². The van der Waals surface area contributed by atoms with Crippen LogP contribution in [0.4, 0.5) is 5.69 Å². The molecule has 0 radical (unpaired) electrons. The lowest BCUT2D eigenvalue weighted by molar-refractivity contribution is 0.193. The van der Waals surface area contributed by atoms with Crippen LogP contribution in [0.1, 0.15) is 24.3 Å². The molecule has 1 aromatic carbocycles. The molecule has 3 rings (SSSR count). The number of aliphatic imine (C=N–C) groups is 1. The second-order valence-electron chi connectivity index (χ2n) is 6.82. The maximum atomic E-state index is 5.58. The fraction of sp³-hybridized carbons (Fsp3) is 0.476. The van der Waals surface area contributed by atoms with Crippen molar-refractivity contribution >= 4 is 47.0 Å². The monoisotopic (exact) mass is 530 g/mol. The highest BCUT2D eigenvalue weighted by Crippen LogP contribution is 2.30. The largest absolute Gasteiger partial charge is 0.493 e. The van der Waals surface area contributed by atoms with Crippen molar-refractivity contribution in [2.24, 2.45) is 4.99 Å². The van der Waals surface area contributed by atoms with Crippen LogP contribution < -0.4 is 20.1 Å². The van der Waals surface area contributed by atoms with E-state index in [1.54, 1.807) is 19.0 Å². The van der Waals surface area contributed by atoms with Crippen LogP contribution in [-0.4, -0.2) is 50.8 Å². The molecular formula is C21H31IN4O2S. The van der Waals surface area contributed by atoms with Crippen molar-refractivity contribution in [1.29, 1.82) is 0 Å². The number of guanidine groups is 1. The third-order valence-corrected chi connectivity index (χ3v) is 6.00. The predicted octanol–water partition coefficient (Wildman–Crippen LogP) is 4.21. The fourth-order valence-electron chi connectivity index (χ4n) is 3.36. The average molecular weight is 530 g/mol. The van der Waals surface area contributed by atoms with E-state index in [-0.39, 0.29) is 24.0 Å². The number of thiophene rings is 1. The van der Waals surface area contributed by atoms with Gasteiger partial charge in [0.25, 0.3) is 0 Å². The molecule has 2 heterocycles. The van der Waals surface area contributed by atoms with Crippen LogP contribution in [0.5, 0.6) is 11.5 Å². The van der Waals surface area contributed by atoms with Gasteiger partial charge >= 0.3 is 0 Å². The van der Waals surface area contributed by atoms with E-state index in [9.17, 15) is 0 Å². The number of hydrogen-bond acceptors (Lipinski definition) is 5. The summed E-state index contributed by atoms with van der Waals surface area (Å²) in [4.78, 5) is 8.41. The summed E-state index contributed by atoms with van der Waals surface area (Å²) in [5, 5.41) is 8.97. The Bertz CT molecular complexity index is 812. The molecule has 0 saturated heterocycles. The first-order valence-electron chi connectivity index (χ1n) is 9.72. The van der Waals surface area contributed by atoms with E-state index >= 15 is 0 Å². The first-order valence-corrected chi connectivity index (χ1v) is 10.6. The van der Waals surface area contributed by atoms with Crippen molar-refractivity contribution in [2.45, 2.75) is 32.9 Å². The van der Waals surface area contributed by atoms with Gasteiger partial charge in [-0.2, -0.15) is 0 Å². The standard InChI is InChI=1S/C21H30N4O2S.HI/c1-5-27-18-7-6-17(12-19(18)26-4)24-21(22-3)23-13-15(2)25-10-8-20-16(14-25)9-11-28-20;/h6-7,9,11-12,15H,5,8,10,13-14H2,1-4H3,(H2,22,23,24);1H. The minimum Gasteiger partial charge on any atom is -0.493 e. The van der Waals surface area contributed by atoms with Crippen molar-refractivity contribution in [3.8, 4) is 11.5 Å². The fourth-order valence-corrected chi connectivity index (χ4v) is 4.25. The zero-order chi connectivity index (χ0) is 19.9. The molecule has 0 bridgehead atoms. The zero-order valence-corrected chi connectivity index (χ0v) is 20.7. The lowest BCUT2D eigenvalue weighted by Gasteiger charge is -2.32. The number of nitrogens with one attached hydrogen (secondary N) is 2. The van der Waals surface area contributed by atoms with Crippen LogP contribution in [0.25, 0.3) is 0 Å². The summed E-state index contributed by atoms with van der Waals surface area (Å²) in [7, 11) is 3.43. The van der Waals surface area contributed by atoms with E-state index in [4.69, 9.17) is 9.47 Å². The van der Waals surface area contributed by atoms with Crippen molar-refractivity contribution in [2.75, 3.05) is 39.2 Å². The lowest BCUT2D eigenvalue weighted by Crippen LogP contribution is -2.45. The summed E-state index contributed by atoms with van der Waals surface area (Å²) in [5.41, 5.74) is 2.38. The molecule has 2 N–H and O–H groups in total. The van der Waals surface area contributed by atoms with Crippen LogP contribution in [-0.2, 0) is 13.0 Å². The molecule has 1 aromatic heterocycles. The molecule has 0 fully saturated rings. The van der Waals surface area contributed by atoms with Crippen molar-refractivity contribution in [1.82, 2.24) is 10.2 Å². The number of benzene rings is 1.